The lowest BCUT2D eigenvalue weighted by Gasteiger charge is -2.28. The van der Waals surface area contributed by atoms with Crippen LogP contribution >= 0.6 is 22.9 Å². The molecule has 276 valence electrons. The van der Waals surface area contributed by atoms with Crippen LogP contribution in [0.25, 0.3) is 10.8 Å². The average Bonchev–Trinajstić information content (AvgIpc) is 3.33. The molecule has 2 aliphatic heterocycles. The van der Waals surface area contributed by atoms with E-state index >= 15 is 0 Å². The van der Waals surface area contributed by atoms with Crippen LogP contribution in [0.15, 0.2) is 100 Å². The summed E-state index contributed by atoms with van der Waals surface area (Å²) in [5.41, 5.74) is 7.20. The van der Waals surface area contributed by atoms with Crippen LogP contribution in [-0.4, -0.2) is 53.4 Å². The summed E-state index contributed by atoms with van der Waals surface area (Å²) in [6.07, 6.45) is 6.12. The molecule has 0 aliphatic carbocycles. The van der Waals surface area contributed by atoms with Gasteiger partial charge < -0.3 is 16.0 Å². The molecular formula is C41H47ClN8O2S. The van der Waals surface area contributed by atoms with Crippen molar-refractivity contribution in [1.29, 1.82) is 0 Å². The quantitative estimate of drug-likeness (QED) is 0.126. The molecule has 2 unspecified atom stereocenters. The molecule has 2 aliphatic rings. The molecule has 0 bridgehead atoms. The van der Waals surface area contributed by atoms with Gasteiger partial charge in [0.25, 0.3) is 5.56 Å². The highest BCUT2D eigenvalue weighted by Crippen LogP contribution is 2.41. The highest BCUT2D eigenvalue weighted by atomic mass is 35.5. The van der Waals surface area contributed by atoms with Gasteiger partial charge in [0.2, 0.25) is 5.91 Å². The number of hydrogen-bond donors (Lipinski definition) is 3. The van der Waals surface area contributed by atoms with Crippen LogP contribution in [0.1, 0.15) is 73.1 Å². The number of nitrogens with one attached hydrogen (secondary N) is 3. The molecule has 0 radical (unpaired) electrons. The summed E-state index contributed by atoms with van der Waals surface area (Å²) < 4.78 is 1.52. The zero-order valence-corrected chi connectivity index (χ0v) is 32.5. The van der Waals surface area contributed by atoms with Crippen molar-refractivity contribution in [3.8, 4) is 0 Å². The fourth-order valence-electron chi connectivity index (χ4n) is 6.92. The number of benzene rings is 2. The van der Waals surface area contributed by atoms with Crippen LogP contribution in [0.4, 0.5) is 10.7 Å². The molecule has 1 saturated heterocycles. The molecule has 1 fully saturated rings. The molecule has 4 heterocycles. The molecule has 0 saturated carbocycles. The number of carbonyl (C=O) groups excluding carboxylic acids is 1. The number of rotatable bonds is 12. The Balaban J connectivity index is 1.03. The molecule has 2 aromatic carbocycles. The summed E-state index contributed by atoms with van der Waals surface area (Å²) in [6.45, 7) is 19.8. The fourth-order valence-corrected chi connectivity index (χ4v) is 8.28. The number of nitrogens with zero attached hydrogens (tertiary/aromatic N) is 5. The van der Waals surface area contributed by atoms with Crippen molar-refractivity contribution in [3.63, 3.8) is 0 Å². The summed E-state index contributed by atoms with van der Waals surface area (Å²) in [6, 6.07) is 12.7. The molecule has 2 atom stereocenters. The summed E-state index contributed by atoms with van der Waals surface area (Å²) in [4.78, 5) is 39.8. The Morgan fingerprint density at radius 1 is 1.11 bits per heavy atom. The number of amides is 1. The number of aliphatic imine (C=N–C) groups is 2. The fraction of sp³-hybridized carbons (Fsp3) is 0.341. The third-order valence-electron chi connectivity index (χ3n) is 9.80. The van der Waals surface area contributed by atoms with Crippen LogP contribution in [0, 0.1) is 13.8 Å². The van der Waals surface area contributed by atoms with Crippen molar-refractivity contribution in [2.75, 3.05) is 30.4 Å². The van der Waals surface area contributed by atoms with Crippen molar-refractivity contribution in [2.45, 2.75) is 71.4 Å². The highest BCUT2D eigenvalue weighted by Gasteiger charge is 2.35. The van der Waals surface area contributed by atoms with E-state index in [2.05, 4.69) is 64.5 Å². The number of hydrogen-bond acceptors (Lipinski definition) is 8. The zero-order valence-electron chi connectivity index (χ0n) is 30.9. The SMILES string of the molecule is C=C1CCC(n2ncc3cc(NCCCCCNC(=O)CC4N=C(c5ccc(Cl)cc5)c5c(sc(C)c5C)N(C(=C)C)/C4=N\C)ccc3c2=O)C(=C)N1. The number of amidine groups is 1. The van der Waals surface area contributed by atoms with Crippen LogP contribution in [-0.2, 0) is 4.79 Å². The first-order valence-electron chi connectivity index (χ1n) is 18.0. The first-order valence-corrected chi connectivity index (χ1v) is 19.2. The van der Waals surface area contributed by atoms with Gasteiger partial charge in [-0.15, -0.1) is 11.3 Å². The zero-order chi connectivity index (χ0) is 37.8. The Morgan fingerprint density at radius 3 is 2.58 bits per heavy atom. The first kappa shape index (κ1) is 37.7. The maximum Gasteiger partial charge on any atom is 0.275 e. The van der Waals surface area contributed by atoms with Crippen molar-refractivity contribution in [1.82, 2.24) is 20.4 Å². The van der Waals surface area contributed by atoms with Gasteiger partial charge in [-0.05, 0) is 88.8 Å². The molecule has 4 aromatic rings. The Labute approximate surface area is 320 Å². The molecular weight excluding hydrogens is 704 g/mol. The standard InChI is InChI=1S/C41H47ClN8O2S/c1-24(2)49-39(43-7)34(48-38(29-12-14-31(42)15-13-29)37-26(4)28(6)53-41(37)49)22-36(51)45-20-10-8-9-19-44-32-16-17-33-30(21-32)23-46-50(40(33)52)35-18-11-25(3)47-27(35)5/h12-17,21,23,34-35,44,47H,1,3,5,8-11,18-20,22H2,2,4,6-7H3,(H,45,51)/b43-39-. The number of piperidine rings is 1. The van der Waals surface area contributed by atoms with E-state index in [4.69, 9.17) is 16.6 Å². The lowest BCUT2D eigenvalue weighted by atomic mass is 9.99. The second-order valence-corrected chi connectivity index (χ2v) is 15.3. The third-order valence-corrected chi connectivity index (χ3v) is 11.2. The molecule has 0 spiro atoms. The smallest absolute Gasteiger partial charge is 0.275 e. The van der Waals surface area contributed by atoms with Gasteiger partial charge >= 0.3 is 0 Å². The van der Waals surface area contributed by atoms with E-state index in [1.54, 1.807) is 24.6 Å². The summed E-state index contributed by atoms with van der Waals surface area (Å²) in [7, 11) is 1.75. The number of unbranched alkanes of at least 4 members (excludes halogenated alkanes) is 2. The number of allylic oxidation sites excluding steroid dienone is 3. The molecule has 3 N–H and O–H groups in total. The number of thiophene rings is 1. The second-order valence-electron chi connectivity index (χ2n) is 13.7. The maximum absolute atomic E-state index is 13.4. The molecule has 6 rings (SSSR count). The van der Waals surface area contributed by atoms with Gasteiger partial charge in [0.05, 0.1) is 29.8 Å². The van der Waals surface area contributed by atoms with Gasteiger partial charge in [-0.3, -0.25) is 24.5 Å². The van der Waals surface area contributed by atoms with Gasteiger partial charge in [-0.25, -0.2) is 4.68 Å². The Bertz CT molecular complexity index is 2200. The first-order chi connectivity index (χ1) is 25.5. The van der Waals surface area contributed by atoms with E-state index in [0.29, 0.717) is 22.8 Å². The lowest BCUT2D eigenvalue weighted by molar-refractivity contribution is -0.121. The van der Waals surface area contributed by atoms with Crippen molar-refractivity contribution >= 4 is 61.9 Å². The predicted molar refractivity (Wildman–Crippen MR) is 221 cm³/mol. The molecule has 53 heavy (non-hydrogen) atoms. The number of anilines is 2. The van der Waals surface area contributed by atoms with E-state index < -0.39 is 6.04 Å². The van der Waals surface area contributed by atoms with E-state index in [1.165, 1.54) is 9.56 Å². The van der Waals surface area contributed by atoms with Gasteiger partial charge in [0.15, 0.2) is 0 Å². The largest absolute Gasteiger partial charge is 0.385 e. The van der Waals surface area contributed by atoms with Crippen LogP contribution in [0.3, 0.4) is 0 Å². The number of aryl methyl sites for hydroxylation is 1. The van der Waals surface area contributed by atoms with Gasteiger partial charge in [0, 0.05) is 69.3 Å². The second kappa shape index (κ2) is 16.3. The Morgan fingerprint density at radius 2 is 1.87 bits per heavy atom. The highest BCUT2D eigenvalue weighted by molar-refractivity contribution is 7.17. The topological polar surface area (TPSA) is 116 Å². The number of halogens is 1. The van der Waals surface area contributed by atoms with Gasteiger partial charge in [-0.1, -0.05) is 43.5 Å². The normalized spacial score (nSPS) is 18.0. The average molecular weight is 751 g/mol. The van der Waals surface area contributed by atoms with Crippen molar-refractivity contribution in [3.05, 3.63) is 122 Å². The Kier molecular flexibility index (Phi) is 11.6. The van der Waals surface area contributed by atoms with Crippen LogP contribution in [0.5, 0.6) is 0 Å². The molecule has 10 nitrogen and oxygen atoms in total. The maximum atomic E-state index is 13.4. The van der Waals surface area contributed by atoms with Crippen LogP contribution in [0.2, 0.25) is 5.02 Å². The van der Waals surface area contributed by atoms with E-state index in [1.807, 2.05) is 49.4 Å². The van der Waals surface area contributed by atoms with E-state index in [9.17, 15) is 9.59 Å². The molecule has 12 heteroatoms. The van der Waals surface area contributed by atoms with E-state index in [-0.39, 0.29) is 23.9 Å². The third kappa shape index (κ3) is 8.16. The van der Waals surface area contributed by atoms with Crippen molar-refractivity contribution < 1.29 is 4.79 Å². The minimum atomic E-state index is -0.505. The Hall–Kier alpha value is -5.00. The van der Waals surface area contributed by atoms with Crippen LogP contribution < -0.4 is 26.4 Å². The monoisotopic (exact) mass is 750 g/mol. The number of aromatic nitrogens is 2. The summed E-state index contributed by atoms with van der Waals surface area (Å²) in [5.74, 6) is 0.617. The predicted octanol–water partition coefficient (Wildman–Crippen LogP) is 8.06. The minimum Gasteiger partial charge on any atom is -0.385 e. The van der Waals surface area contributed by atoms with E-state index in [0.717, 1.165) is 94.2 Å². The lowest BCUT2D eigenvalue weighted by Crippen LogP contribution is -2.39. The number of carbonyl (C=O) groups is 1. The number of fused-ring (bicyclic) bond motifs is 2. The summed E-state index contributed by atoms with van der Waals surface area (Å²) in [5, 5.41) is 17.3. The molecule has 1 amide bonds. The minimum absolute atomic E-state index is 0.0772. The van der Waals surface area contributed by atoms with Crippen molar-refractivity contribution in [2.24, 2.45) is 9.98 Å². The van der Waals surface area contributed by atoms with Gasteiger partial charge in [-0.2, -0.15) is 5.10 Å². The van der Waals surface area contributed by atoms with Gasteiger partial charge in [0.1, 0.15) is 16.9 Å². The molecule has 2 aromatic heterocycles. The summed E-state index contributed by atoms with van der Waals surface area (Å²) >= 11 is 7.93.